The van der Waals surface area contributed by atoms with Crippen molar-refractivity contribution in [3.8, 4) is 0 Å². The van der Waals surface area contributed by atoms with Crippen molar-refractivity contribution in [2.24, 2.45) is 5.92 Å². The zero-order valence-electron chi connectivity index (χ0n) is 18.9. The molecule has 1 N–H and O–H groups in total. The van der Waals surface area contributed by atoms with Gasteiger partial charge in [-0.1, -0.05) is 22.0 Å². The van der Waals surface area contributed by atoms with Crippen LogP contribution in [0.4, 0.5) is 4.39 Å². The van der Waals surface area contributed by atoms with Crippen molar-refractivity contribution in [1.29, 1.82) is 0 Å². The molecule has 0 saturated carbocycles. The second kappa shape index (κ2) is 11.4. The lowest BCUT2D eigenvalue weighted by atomic mass is 9.87. The number of hydrogen-bond donors (Lipinski definition) is 1. The summed E-state index contributed by atoms with van der Waals surface area (Å²) in [6.45, 7) is 5.89. The summed E-state index contributed by atoms with van der Waals surface area (Å²) in [4.78, 5) is 42.5. The van der Waals surface area contributed by atoms with Gasteiger partial charge in [-0.15, -0.1) is 0 Å². The smallest absolute Gasteiger partial charge is 0.253 e. The van der Waals surface area contributed by atoms with Crippen molar-refractivity contribution in [1.82, 2.24) is 15.1 Å². The zero-order chi connectivity index (χ0) is 24.0. The fraction of sp³-hybridized carbons (Fsp3) is 0.400. The lowest BCUT2D eigenvalue weighted by Crippen LogP contribution is -2.54. The number of nitrogens with zero attached hydrogens (tertiary/aromatic N) is 2. The van der Waals surface area contributed by atoms with E-state index in [9.17, 15) is 18.8 Å². The molecule has 1 unspecified atom stereocenters. The fourth-order valence-electron chi connectivity index (χ4n) is 4.18. The molecule has 3 amide bonds. The van der Waals surface area contributed by atoms with E-state index in [2.05, 4.69) is 21.2 Å². The Balaban J connectivity index is 1.73. The van der Waals surface area contributed by atoms with Gasteiger partial charge in [-0.25, -0.2) is 4.39 Å². The van der Waals surface area contributed by atoms with Crippen LogP contribution in [0, 0.1) is 11.7 Å². The Morgan fingerprint density at radius 3 is 2.27 bits per heavy atom. The molecule has 0 aliphatic carbocycles. The first-order valence-corrected chi connectivity index (χ1v) is 12.0. The largest absolute Gasteiger partial charge is 0.341 e. The monoisotopic (exact) mass is 517 g/mol. The van der Waals surface area contributed by atoms with E-state index in [0.29, 0.717) is 50.1 Å². The summed E-state index contributed by atoms with van der Waals surface area (Å²) in [5, 5.41) is 2.89. The van der Waals surface area contributed by atoms with Gasteiger partial charge in [0.2, 0.25) is 5.91 Å². The van der Waals surface area contributed by atoms with Gasteiger partial charge < -0.3 is 15.1 Å². The molecule has 176 valence electrons. The number of carbonyl (C=O) groups is 3. The molecular weight excluding hydrogens is 489 g/mol. The van der Waals surface area contributed by atoms with Gasteiger partial charge >= 0.3 is 0 Å². The van der Waals surface area contributed by atoms with Crippen molar-refractivity contribution < 1.29 is 18.8 Å². The van der Waals surface area contributed by atoms with Crippen LogP contribution in [0.25, 0.3) is 0 Å². The summed E-state index contributed by atoms with van der Waals surface area (Å²) in [5.74, 6) is -1.11. The minimum atomic E-state index is -0.703. The van der Waals surface area contributed by atoms with Crippen LogP contribution in [-0.4, -0.2) is 59.7 Å². The van der Waals surface area contributed by atoms with E-state index < -0.39 is 17.8 Å². The van der Waals surface area contributed by atoms with Crippen molar-refractivity contribution >= 4 is 33.7 Å². The molecule has 1 heterocycles. The van der Waals surface area contributed by atoms with Crippen LogP contribution in [0.3, 0.4) is 0 Å². The molecule has 1 aliphatic rings. The number of nitrogens with one attached hydrogen (secondary N) is 1. The summed E-state index contributed by atoms with van der Waals surface area (Å²) in [6.07, 6.45) is 1.20. The normalized spacial score (nSPS) is 15.1. The van der Waals surface area contributed by atoms with Crippen LogP contribution in [-0.2, 0) is 4.79 Å². The predicted octanol–water partition coefficient (Wildman–Crippen LogP) is 4.11. The Kier molecular flexibility index (Phi) is 8.61. The van der Waals surface area contributed by atoms with Crippen LogP contribution in [0.15, 0.2) is 53.0 Å². The maximum Gasteiger partial charge on any atom is 0.253 e. The third kappa shape index (κ3) is 6.19. The fourth-order valence-corrected chi connectivity index (χ4v) is 4.58. The van der Waals surface area contributed by atoms with E-state index in [-0.39, 0.29) is 17.7 Å². The van der Waals surface area contributed by atoms with Crippen LogP contribution in [0.5, 0.6) is 0 Å². The first kappa shape index (κ1) is 24.9. The highest BCUT2D eigenvalue weighted by Crippen LogP contribution is 2.24. The molecule has 0 radical (unpaired) electrons. The summed E-state index contributed by atoms with van der Waals surface area (Å²) in [6, 6.07) is 11.8. The minimum Gasteiger partial charge on any atom is -0.341 e. The molecule has 1 fully saturated rings. The standard InChI is InChI=1S/C25H29BrFN3O3/c1-3-29(4-2)25(33)22(28-23(31)18-8-10-21(27)11-9-18)17-12-14-30(15-13-17)24(32)19-6-5-7-20(26)16-19/h5-11,16-17,22H,3-4,12-15H2,1-2H3,(H,28,31). The van der Waals surface area contributed by atoms with Gasteiger partial charge in [-0.2, -0.15) is 0 Å². The second-order valence-corrected chi connectivity index (χ2v) is 9.02. The Hall–Kier alpha value is -2.74. The van der Waals surface area contributed by atoms with Gasteiger partial charge in [0.05, 0.1) is 0 Å². The Morgan fingerprint density at radius 1 is 1.06 bits per heavy atom. The molecular formula is C25H29BrFN3O3. The summed E-state index contributed by atoms with van der Waals surface area (Å²) < 4.78 is 14.1. The number of likely N-dealkylation sites (N-methyl/N-ethyl adjacent to an activating group) is 1. The van der Waals surface area contributed by atoms with E-state index in [1.165, 1.54) is 24.3 Å². The summed E-state index contributed by atoms with van der Waals surface area (Å²) in [5.41, 5.74) is 0.916. The third-order valence-electron chi connectivity index (χ3n) is 6.10. The number of amides is 3. The van der Waals surface area contributed by atoms with Crippen molar-refractivity contribution in [2.75, 3.05) is 26.2 Å². The first-order valence-electron chi connectivity index (χ1n) is 11.2. The van der Waals surface area contributed by atoms with Crippen LogP contribution in [0.1, 0.15) is 47.4 Å². The van der Waals surface area contributed by atoms with Crippen LogP contribution >= 0.6 is 15.9 Å². The molecule has 3 rings (SSSR count). The first-order chi connectivity index (χ1) is 15.8. The predicted molar refractivity (Wildman–Crippen MR) is 128 cm³/mol. The molecule has 0 bridgehead atoms. The topological polar surface area (TPSA) is 69.7 Å². The van der Waals surface area contributed by atoms with E-state index in [1.807, 2.05) is 26.0 Å². The quantitative estimate of drug-likeness (QED) is 0.600. The lowest BCUT2D eigenvalue weighted by Gasteiger charge is -2.37. The van der Waals surface area contributed by atoms with Crippen molar-refractivity contribution in [3.63, 3.8) is 0 Å². The van der Waals surface area contributed by atoms with Crippen LogP contribution in [0.2, 0.25) is 0 Å². The molecule has 0 aromatic heterocycles. The molecule has 1 saturated heterocycles. The van der Waals surface area contributed by atoms with Gasteiger partial charge in [0.1, 0.15) is 11.9 Å². The van der Waals surface area contributed by atoms with Crippen molar-refractivity contribution in [3.05, 3.63) is 69.9 Å². The van der Waals surface area contributed by atoms with Gasteiger partial charge in [-0.3, -0.25) is 14.4 Å². The highest BCUT2D eigenvalue weighted by Gasteiger charge is 2.35. The number of hydrogen-bond acceptors (Lipinski definition) is 3. The van der Waals surface area contributed by atoms with E-state index in [0.717, 1.165) is 4.47 Å². The molecule has 2 aromatic carbocycles. The van der Waals surface area contributed by atoms with Gasteiger partial charge in [-0.05, 0) is 75.1 Å². The summed E-state index contributed by atoms with van der Waals surface area (Å²) in [7, 11) is 0. The average molecular weight is 518 g/mol. The molecule has 1 aliphatic heterocycles. The Morgan fingerprint density at radius 2 is 1.70 bits per heavy atom. The molecule has 0 spiro atoms. The average Bonchev–Trinajstić information content (AvgIpc) is 2.83. The van der Waals surface area contributed by atoms with E-state index in [1.54, 1.807) is 21.9 Å². The zero-order valence-corrected chi connectivity index (χ0v) is 20.5. The molecule has 6 nitrogen and oxygen atoms in total. The Labute approximate surface area is 202 Å². The molecule has 8 heteroatoms. The number of rotatable bonds is 7. The van der Waals surface area contributed by atoms with Gasteiger partial charge in [0, 0.05) is 41.8 Å². The molecule has 2 aromatic rings. The van der Waals surface area contributed by atoms with Gasteiger partial charge in [0.25, 0.3) is 11.8 Å². The molecule has 1 atom stereocenters. The minimum absolute atomic E-state index is 0.0447. The number of carbonyl (C=O) groups excluding carboxylic acids is 3. The lowest BCUT2D eigenvalue weighted by molar-refractivity contribution is -0.134. The maximum atomic E-state index is 13.3. The van der Waals surface area contributed by atoms with Crippen LogP contribution < -0.4 is 5.32 Å². The summed E-state index contributed by atoms with van der Waals surface area (Å²) >= 11 is 3.40. The van der Waals surface area contributed by atoms with E-state index >= 15 is 0 Å². The third-order valence-corrected chi connectivity index (χ3v) is 6.60. The number of piperidine rings is 1. The maximum absolute atomic E-state index is 13.3. The number of halogens is 2. The van der Waals surface area contributed by atoms with E-state index in [4.69, 9.17) is 0 Å². The Bertz CT molecular complexity index is 987. The van der Waals surface area contributed by atoms with Crippen molar-refractivity contribution in [2.45, 2.75) is 32.7 Å². The number of likely N-dealkylation sites (tertiary alicyclic amines) is 1. The SMILES string of the molecule is CCN(CC)C(=O)C(NC(=O)c1ccc(F)cc1)C1CCN(C(=O)c2cccc(Br)c2)CC1. The highest BCUT2D eigenvalue weighted by molar-refractivity contribution is 9.10. The van der Waals surface area contributed by atoms with Gasteiger partial charge in [0.15, 0.2) is 0 Å². The second-order valence-electron chi connectivity index (χ2n) is 8.11. The number of benzene rings is 2. The highest BCUT2D eigenvalue weighted by atomic mass is 79.9. The molecule has 33 heavy (non-hydrogen) atoms.